The molecule has 1 aliphatic rings. The fourth-order valence-corrected chi connectivity index (χ4v) is 2.11. The van der Waals surface area contributed by atoms with E-state index in [9.17, 15) is 14.4 Å². The molecule has 1 heterocycles. The third kappa shape index (κ3) is 4.09. The third-order valence-corrected chi connectivity index (χ3v) is 3.14. The van der Waals surface area contributed by atoms with Crippen molar-refractivity contribution >= 4 is 17.9 Å². The van der Waals surface area contributed by atoms with Gasteiger partial charge in [0, 0.05) is 0 Å². The smallest absolute Gasteiger partial charge is 0.329 e. The second kappa shape index (κ2) is 6.08. The van der Waals surface area contributed by atoms with Crippen molar-refractivity contribution < 1.29 is 24.2 Å². The summed E-state index contributed by atoms with van der Waals surface area (Å²) in [4.78, 5) is 35.1. The first-order valence-corrected chi connectivity index (χ1v) is 6.35. The Morgan fingerprint density at radius 1 is 1.40 bits per heavy atom. The van der Waals surface area contributed by atoms with Gasteiger partial charge in [-0.3, -0.25) is 4.79 Å². The van der Waals surface area contributed by atoms with Gasteiger partial charge in [0.15, 0.2) is 0 Å². The van der Waals surface area contributed by atoms with Crippen molar-refractivity contribution in [3.8, 4) is 0 Å². The highest BCUT2D eigenvalue weighted by Gasteiger charge is 2.45. The fourth-order valence-electron chi connectivity index (χ4n) is 2.11. The number of aliphatic carboxylic acids is 1. The van der Waals surface area contributed by atoms with Gasteiger partial charge in [-0.15, -0.1) is 0 Å². The standard InChI is InChI=1S/C12H21N3O5/c1-7(2)9(14-11(13)19)10(18)15-5-12(3,6-15)20-4-8(16)17/h7,9H,4-6H2,1-3H3,(H,16,17)(H3,13,14,19). The largest absolute Gasteiger partial charge is 0.480 e. The molecule has 0 bridgehead atoms. The third-order valence-electron chi connectivity index (χ3n) is 3.14. The summed E-state index contributed by atoms with van der Waals surface area (Å²) in [6, 6.07) is -1.43. The van der Waals surface area contributed by atoms with Crippen LogP contribution in [0.1, 0.15) is 20.8 Å². The molecule has 1 fully saturated rings. The van der Waals surface area contributed by atoms with Crippen LogP contribution in [0.4, 0.5) is 4.79 Å². The number of likely N-dealkylation sites (tertiary alicyclic amines) is 1. The van der Waals surface area contributed by atoms with Crippen molar-refractivity contribution in [1.82, 2.24) is 10.2 Å². The molecular formula is C12H21N3O5. The first-order chi connectivity index (χ1) is 9.14. The van der Waals surface area contributed by atoms with Crippen LogP contribution in [0.5, 0.6) is 0 Å². The lowest BCUT2D eigenvalue weighted by Crippen LogP contribution is -2.67. The lowest BCUT2D eigenvalue weighted by atomic mass is 9.93. The van der Waals surface area contributed by atoms with E-state index in [1.54, 1.807) is 20.8 Å². The zero-order valence-corrected chi connectivity index (χ0v) is 11.9. The predicted molar refractivity (Wildman–Crippen MR) is 69.9 cm³/mol. The topological polar surface area (TPSA) is 122 Å². The van der Waals surface area contributed by atoms with Crippen LogP contribution in [0, 0.1) is 5.92 Å². The number of nitrogens with two attached hydrogens (primary N) is 1. The molecule has 1 rings (SSSR count). The molecular weight excluding hydrogens is 266 g/mol. The molecule has 1 unspecified atom stereocenters. The maximum Gasteiger partial charge on any atom is 0.329 e. The predicted octanol–water partition coefficient (Wildman–Crippen LogP) is -0.619. The molecule has 0 radical (unpaired) electrons. The van der Waals surface area contributed by atoms with Crippen LogP contribution >= 0.6 is 0 Å². The second-order valence-corrected chi connectivity index (χ2v) is 5.56. The number of nitrogens with zero attached hydrogens (tertiary/aromatic N) is 1. The number of carbonyl (C=O) groups is 3. The van der Waals surface area contributed by atoms with Crippen LogP contribution in [0.2, 0.25) is 0 Å². The van der Waals surface area contributed by atoms with Gasteiger partial charge in [-0.1, -0.05) is 13.8 Å². The van der Waals surface area contributed by atoms with Crippen molar-refractivity contribution in [3.05, 3.63) is 0 Å². The number of amides is 3. The van der Waals surface area contributed by atoms with E-state index in [-0.39, 0.29) is 11.8 Å². The molecule has 0 aromatic carbocycles. The van der Waals surface area contributed by atoms with Crippen LogP contribution in [-0.2, 0) is 14.3 Å². The molecule has 1 saturated heterocycles. The molecule has 3 amide bonds. The van der Waals surface area contributed by atoms with Crippen LogP contribution in [0.3, 0.4) is 0 Å². The Morgan fingerprint density at radius 2 is 1.95 bits per heavy atom. The van der Waals surface area contributed by atoms with Crippen LogP contribution in [-0.4, -0.2) is 59.3 Å². The van der Waals surface area contributed by atoms with E-state index in [1.807, 2.05) is 0 Å². The summed E-state index contributed by atoms with van der Waals surface area (Å²) in [6.07, 6.45) is 0. The average Bonchev–Trinajstić information content (AvgIpc) is 2.28. The highest BCUT2D eigenvalue weighted by Crippen LogP contribution is 2.26. The van der Waals surface area contributed by atoms with Gasteiger partial charge in [0.05, 0.1) is 13.1 Å². The first-order valence-electron chi connectivity index (χ1n) is 6.35. The van der Waals surface area contributed by atoms with Crippen molar-refractivity contribution in [2.45, 2.75) is 32.4 Å². The molecule has 0 spiro atoms. The van der Waals surface area contributed by atoms with Gasteiger partial charge in [0.1, 0.15) is 18.2 Å². The Kier molecular flexibility index (Phi) is 4.93. The van der Waals surface area contributed by atoms with E-state index in [4.69, 9.17) is 15.6 Å². The van der Waals surface area contributed by atoms with E-state index in [0.717, 1.165) is 0 Å². The Balaban J connectivity index is 2.54. The number of carboxylic acid groups (broad SMARTS) is 1. The van der Waals surface area contributed by atoms with Crippen molar-refractivity contribution in [1.29, 1.82) is 0 Å². The number of carboxylic acids is 1. The summed E-state index contributed by atoms with van der Waals surface area (Å²) in [5.41, 5.74) is 4.40. The zero-order chi connectivity index (χ0) is 15.5. The van der Waals surface area contributed by atoms with Gasteiger partial charge in [-0.25, -0.2) is 9.59 Å². The van der Waals surface area contributed by atoms with E-state index in [1.165, 1.54) is 4.90 Å². The van der Waals surface area contributed by atoms with E-state index in [2.05, 4.69) is 5.32 Å². The number of carbonyl (C=O) groups excluding carboxylic acids is 2. The number of hydrogen-bond acceptors (Lipinski definition) is 4. The van der Waals surface area contributed by atoms with E-state index >= 15 is 0 Å². The van der Waals surface area contributed by atoms with Gasteiger partial charge in [0.2, 0.25) is 5.91 Å². The quantitative estimate of drug-likeness (QED) is 0.601. The van der Waals surface area contributed by atoms with Gasteiger partial charge >= 0.3 is 12.0 Å². The molecule has 0 aromatic heterocycles. The summed E-state index contributed by atoms with van der Waals surface area (Å²) in [6.45, 7) is 5.54. The summed E-state index contributed by atoms with van der Waals surface area (Å²) in [5.74, 6) is -1.39. The molecule has 4 N–H and O–H groups in total. The Morgan fingerprint density at radius 3 is 2.35 bits per heavy atom. The van der Waals surface area contributed by atoms with Crippen molar-refractivity contribution in [2.75, 3.05) is 19.7 Å². The van der Waals surface area contributed by atoms with E-state index < -0.39 is 30.3 Å². The number of primary amides is 1. The molecule has 0 aliphatic carbocycles. The molecule has 20 heavy (non-hydrogen) atoms. The summed E-state index contributed by atoms with van der Waals surface area (Å²) >= 11 is 0. The molecule has 0 saturated carbocycles. The number of nitrogens with one attached hydrogen (secondary N) is 1. The zero-order valence-electron chi connectivity index (χ0n) is 11.9. The fraction of sp³-hybridized carbons (Fsp3) is 0.750. The molecule has 0 aromatic rings. The average molecular weight is 287 g/mol. The number of urea groups is 1. The minimum atomic E-state index is -1.05. The molecule has 1 aliphatic heterocycles. The minimum absolute atomic E-state index is 0.0956. The molecule has 1 atom stereocenters. The van der Waals surface area contributed by atoms with Crippen LogP contribution in [0.25, 0.3) is 0 Å². The van der Waals surface area contributed by atoms with Crippen LogP contribution < -0.4 is 11.1 Å². The number of ether oxygens (including phenoxy) is 1. The van der Waals surface area contributed by atoms with E-state index in [0.29, 0.717) is 13.1 Å². The summed E-state index contributed by atoms with van der Waals surface area (Å²) in [5, 5.41) is 11.0. The van der Waals surface area contributed by atoms with Gasteiger partial charge < -0.3 is 25.8 Å². The van der Waals surface area contributed by atoms with Gasteiger partial charge in [-0.2, -0.15) is 0 Å². The molecule has 8 heteroatoms. The normalized spacial score (nSPS) is 18.3. The van der Waals surface area contributed by atoms with Crippen molar-refractivity contribution in [2.24, 2.45) is 11.7 Å². The first kappa shape index (κ1) is 16.2. The number of rotatable bonds is 6. The Hall–Kier alpha value is -1.83. The van der Waals surface area contributed by atoms with Crippen molar-refractivity contribution in [3.63, 3.8) is 0 Å². The minimum Gasteiger partial charge on any atom is -0.480 e. The monoisotopic (exact) mass is 287 g/mol. The maximum absolute atomic E-state index is 12.2. The maximum atomic E-state index is 12.2. The Labute approximate surface area is 117 Å². The van der Waals surface area contributed by atoms with Gasteiger partial charge in [0.25, 0.3) is 0 Å². The number of hydrogen-bond donors (Lipinski definition) is 3. The second-order valence-electron chi connectivity index (χ2n) is 5.56. The SMILES string of the molecule is CC(C)C(NC(N)=O)C(=O)N1CC(C)(OCC(=O)O)C1. The highest BCUT2D eigenvalue weighted by molar-refractivity contribution is 5.87. The van der Waals surface area contributed by atoms with Crippen LogP contribution in [0.15, 0.2) is 0 Å². The Bertz CT molecular complexity index is 404. The lowest BCUT2D eigenvalue weighted by Gasteiger charge is -2.48. The highest BCUT2D eigenvalue weighted by atomic mass is 16.5. The van der Waals surface area contributed by atoms with Gasteiger partial charge in [-0.05, 0) is 12.8 Å². The molecule has 8 nitrogen and oxygen atoms in total. The lowest BCUT2D eigenvalue weighted by molar-refractivity contribution is -0.174. The molecule has 114 valence electrons. The summed E-state index contributed by atoms with van der Waals surface area (Å²) in [7, 11) is 0. The summed E-state index contributed by atoms with van der Waals surface area (Å²) < 4.78 is 5.22.